The molecular formula is C15H14N2O2. The van der Waals surface area contributed by atoms with Gasteiger partial charge in [-0.25, -0.2) is 4.98 Å². The first-order valence-corrected chi connectivity index (χ1v) is 6.12. The van der Waals surface area contributed by atoms with E-state index < -0.39 is 0 Å². The van der Waals surface area contributed by atoms with Crippen molar-refractivity contribution in [3.63, 3.8) is 0 Å². The Labute approximate surface area is 111 Å². The molecule has 0 N–H and O–H groups in total. The number of hydrogen-bond acceptors (Lipinski definition) is 3. The molecule has 0 unspecified atom stereocenters. The molecule has 0 bridgehead atoms. The lowest BCUT2D eigenvalue weighted by atomic mass is 10.0. The highest BCUT2D eigenvalue weighted by Gasteiger charge is 2.23. The molecule has 0 saturated carbocycles. The topological polar surface area (TPSA) is 42.4 Å². The van der Waals surface area contributed by atoms with Crippen molar-refractivity contribution in [2.45, 2.75) is 6.92 Å². The van der Waals surface area contributed by atoms with Crippen LogP contribution in [0.2, 0.25) is 0 Å². The second-order valence-corrected chi connectivity index (χ2v) is 4.60. The molecular weight excluding hydrogens is 240 g/mol. The second-order valence-electron chi connectivity index (χ2n) is 4.60. The van der Waals surface area contributed by atoms with Crippen molar-refractivity contribution in [2.75, 3.05) is 18.6 Å². The average molecular weight is 254 g/mol. The molecule has 1 aliphatic heterocycles. The highest BCUT2D eigenvalue weighted by atomic mass is 16.5. The van der Waals surface area contributed by atoms with Crippen LogP contribution in [-0.4, -0.2) is 24.5 Å². The van der Waals surface area contributed by atoms with E-state index in [2.05, 4.69) is 24.0 Å². The molecule has 1 amide bonds. The van der Waals surface area contributed by atoms with Crippen molar-refractivity contribution in [2.24, 2.45) is 0 Å². The third kappa shape index (κ3) is 1.95. The number of fused-ring (bicyclic) bond motifs is 1. The molecule has 4 nitrogen and oxygen atoms in total. The summed E-state index contributed by atoms with van der Waals surface area (Å²) in [5.74, 6) is 1.15. The molecule has 0 aliphatic carbocycles. The maximum Gasteiger partial charge on any atom is 0.265 e. The summed E-state index contributed by atoms with van der Waals surface area (Å²) in [7, 11) is 1.71. The normalized spacial score (nSPS) is 14.0. The fraction of sp³-hybridized carbons (Fsp3) is 0.200. The van der Waals surface area contributed by atoms with Crippen LogP contribution in [0, 0.1) is 6.92 Å². The SMILES string of the molecule is Cc1ccccc1-c1cnc2c(c1)OCC(=O)N2C. The van der Waals surface area contributed by atoms with Gasteiger partial charge in [0.05, 0.1) is 0 Å². The quantitative estimate of drug-likeness (QED) is 0.784. The number of hydrogen-bond donors (Lipinski definition) is 0. The predicted octanol–water partition coefficient (Wildman–Crippen LogP) is 2.41. The summed E-state index contributed by atoms with van der Waals surface area (Å²) < 4.78 is 5.45. The van der Waals surface area contributed by atoms with Gasteiger partial charge in [0, 0.05) is 18.8 Å². The van der Waals surface area contributed by atoms with Gasteiger partial charge >= 0.3 is 0 Å². The van der Waals surface area contributed by atoms with Gasteiger partial charge in [-0.2, -0.15) is 0 Å². The van der Waals surface area contributed by atoms with E-state index in [1.807, 2.05) is 18.2 Å². The van der Waals surface area contributed by atoms with Crippen molar-refractivity contribution in [3.8, 4) is 16.9 Å². The van der Waals surface area contributed by atoms with Gasteiger partial charge in [-0.3, -0.25) is 9.69 Å². The Balaban J connectivity index is 2.08. The molecule has 1 aromatic carbocycles. The molecule has 96 valence electrons. The molecule has 19 heavy (non-hydrogen) atoms. The Kier molecular flexibility index (Phi) is 2.71. The van der Waals surface area contributed by atoms with Gasteiger partial charge in [0.2, 0.25) is 0 Å². The Morgan fingerprint density at radius 1 is 1.32 bits per heavy atom. The van der Waals surface area contributed by atoms with Crippen LogP contribution in [-0.2, 0) is 4.79 Å². The number of likely N-dealkylation sites (N-methyl/N-ethyl adjacent to an activating group) is 1. The molecule has 2 aromatic rings. The highest BCUT2D eigenvalue weighted by Crippen LogP contribution is 2.33. The third-order valence-corrected chi connectivity index (χ3v) is 3.33. The van der Waals surface area contributed by atoms with Gasteiger partial charge in [0.25, 0.3) is 5.91 Å². The van der Waals surface area contributed by atoms with Crippen LogP contribution in [0.3, 0.4) is 0 Å². The maximum absolute atomic E-state index is 11.5. The standard InChI is InChI=1S/C15H14N2O2/c1-10-5-3-4-6-12(10)11-7-13-15(16-8-11)17(2)14(18)9-19-13/h3-8H,9H2,1-2H3. The van der Waals surface area contributed by atoms with Crippen LogP contribution in [0.25, 0.3) is 11.1 Å². The highest BCUT2D eigenvalue weighted by molar-refractivity contribution is 5.96. The van der Waals surface area contributed by atoms with Crippen molar-refractivity contribution in [1.82, 2.24) is 4.98 Å². The summed E-state index contributed by atoms with van der Waals surface area (Å²) in [6.45, 7) is 2.13. The Morgan fingerprint density at radius 2 is 2.11 bits per heavy atom. The lowest BCUT2D eigenvalue weighted by Crippen LogP contribution is -2.36. The van der Waals surface area contributed by atoms with Crippen molar-refractivity contribution in [3.05, 3.63) is 42.1 Å². The molecule has 0 radical (unpaired) electrons. The number of ether oxygens (including phenoxy) is 1. The first-order chi connectivity index (χ1) is 9.16. The van der Waals surface area contributed by atoms with E-state index in [1.54, 1.807) is 13.2 Å². The maximum atomic E-state index is 11.5. The summed E-state index contributed by atoms with van der Waals surface area (Å²) in [6, 6.07) is 10.1. The number of amides is 1. The van der Waals surface area contributed by atoms with Crippen LogP contribution in [0.1, 0.15) is 5.56 Å². The fourth-order valence-electron chi connectivity index (χ4n) is 2.19. The number of aryl methyl sites for hydroxylation is 1. The van der Waals surface area contributed by atoms with Crippen LogP contribution in [0.4, 0.5) is 5.82 Å². The van der Waals surface area contributed by atoms with Crippen molar-refractivity contribution >= 4 is 11.7 Å². The zero-order valence-corrected chi connectivity index (χ0v) is 10.9. The van der Waals surface area contributed by atoms with Crippen molar-refractivity contribution in [1.29, 1.82) is 0 Å². The van der Waals surface area contributed by atoms with E-state index in [0.717, 1.165) is 11.1 Å². The van der Waals surface area contributed by atoms with E-state index in [9.17, 15) is 4.79 Å². The molecule has 4 heteroatoms. The van der Waals surface area contributed by atoms with Crippen LogP contribution >= 0.6 is 0 Å². The minimum atomic E-state index is -0.0800. The van der Waals surface area contributed by atoms with Gasteiger partial charge in [-0.05, 0) is 24.1 Å². The largest absolute Gasteiger partial charge is 0.480 e. The number of carbonyl (C=O) groups is 1. The lowest BCUT2D eigenvalue weighted by Gasteiger charge is -2.25. The molecule has 1 aromatic heterocycles. The number of aromatic nitrogens is 1. The summed E-state index contributed by atoms with van der Waals surface area (Å²) in [4.78, 5) is 17.4. The minimum absolute atomic E-state index is 0.0718. The van der Waals surface area contributed by atoms with Gasteiger partial charge in [0.15, 0.2) is 18.2 Å². The van der Waals surface area contributed by atoms with Gasteiger partial charge in [-0.15, -0.1) is 0 Å². The third-order valence-electron chi connectivity index (χ3n) is 3.33. The molecule has 0 fully saturated rings. The van der Waals surface area contributed by atoms with E-state index in [0.29, 0.717) is 11.6 Å². The summed E-state index contributed by atoms with van der Waals surface area (Å²) in [5, 5.41) is 0. The molecule has 1 aliphatic rings. The predicted molar refractivity (Wildman–Crippen MR) is 73.3 cm³/mol. The zero-order valence-electron chi connectivity index (χ0n) is 10.9. The Morgan fingerprint density at radius 3 is 2.89 bits per heavy atom. The monoisotopic (exact) mass is 254 g/mol. The number of benzene rings is 1. The van der Waals surface area contributed by atoms with Crippen LogP contribution in [0.15, 0.2) is 36.5 Å². The number of pyridine rings is 1. The molecule has 2 heterocycles. The second kappa shape index (κ2) is 4.39. The number of rotatable bonds is 1. The molecule has 0 atom stereocenters. The average Bonchev–Trinajstić information content (AvgIpc) is 2.43. The van der Waals surface area contributed by atoms with Gasteiger partial charge in [0.1, 0.15) is 0 Å². The van der Waals surface area contributed by atoms with Crippen LogP contribution < -0.4 is 9.64 Å². The van der Waals surface area contributed by atoms with E-state index >= 15 is 0 Å². The number of anilines is 1. The van der Waals surface area contributed by atoms with E-state index in [1.165, 1.54) is 10.5 Å². The molecule has 3 rings (SSSR count). The zero-order chi connectivity index (χ0) is 13.4. The summed E-state index contributed by atoms with van der Waals surface area (Å²) in [5.41, 5.74) is 3.31. The van der Waals surface area contributed by atoms with Gasteiger partial charge in [-0.1, -0.05) is 24.3 Å². The van der Waals surface area contributed by atoms with Gasteiger partial charge < -0.3 is 4.74 Å². The summed E-state index contributed by atoms with van der Waals surface area (Å²) >= 11 is 0. The lowest BCUT2D eigenvalue weighted by molar-refractivity contribution is -0.121. The Bertz CT molecular complexity index is 652. The Hall–Kier alpha value is -2.36. The van der Waals surface area contributed by atoms with E-state index in [4.69, 9.17) is 4.74 Å². The summed E-state index contributed by atoms with van der Waals surface area (Å²) in [6.07, 6.45) is 1.78. The minimum Gasteiger partial charge on any atom is -0.480 e. The fourth-order valence-corrected chi connectivity index (χ4v) is 2.19. The first kappa shape index (κ1) is 11.7. The first-order valence-electron chi connectivity index (χ1n) is 6.12. The van der Waals surface area contributed by atoms with Crippen LogP contribution in [0.5, 0.6) is 5.75 Å². The number of carbonyl (C=O) groups excluding carboxylic acids is 1. The van der Waals surface area contributed by atoms with Crippen molar-refractivity contribution < 1.29 is 9.53 Å². The molecule has 0 saturated heterocycles. The van der Waals surface area contributed by atoms with E-state index in [-0.39, 0.29) is 12.5 Å². The smallest absolute Gasteiger partial charge is 0.265 e. The number of nitrogens with zero attached hydrogens (tertiary/aromatic N) is 2. The molecule has 0 spiro atoms.